The van der Waals surface area contributed by atoms with E-state index < -0.39 is 5.97 Å². The summed E-state index contributed by atoms with van der Waals surface area (Å²) >= 11 is 0. The number of aryl methyl sites for hydroxylation is 1. The molecule has 0 amide bonds. The summed E-state index contributed by atoms with van der Waals surface area (Å²) in [5.41, 5.74) is 0.768. The Hall–Kier alpha value is -1.32. The van der Waals surface area contributed by atoms with Crippen molar-refractivity contribution in [3.63, 3.8) is 0 Å². The summed E-state index contributed by atoms with van der Waals surface area (Å²) in [5, 5.41) is 0. The van der Waals surface area contributed by atoms with Crippen LogP contribution in [0, 0.1) is 5.41 Å². The highest BCUT2D eigenvalue weighted by Crippen LogP contribution is 2.22. The van der Waals surface area contributed by atoms with Crippen molar-refractivity contribution in [1.82, 2.24) is 4.98 Å². The molecule has 0 N–H and O–H groups in total. The average molecular weight is 239 g/mol. The van der Waals surface area contributed by atoms with Gasteiger partial charge in [0.15, 0.2) is 5.89 Å². The van der Waals surface area contributed by atoms with E-state index in [-0.39, 0.29) is 11.2 Å². The molecule has 4 heteroatoms. The molecule has 0 bridgehead atoms. The largest absolute Gasteiger partial charge is 0.460 e. The maximum absolute atomic E-state index is 11.6. The van der Waals surface area contributed by atoms with Crippen molar-refractivity contribution in [2.75, 3.05) is 6.61 Å². The normalized spacial score (nSPS) is 11.6. The standard InChI is InChI=1S/C13H21NO3/c1-6-9-11(12(15)16-7-2)17-10(14-9)8-13(3,4)5/h6-8H2,1-5H3. The van der Waals surface area contributed by atoms with Crippen molar-refractivity contribution >= 4 is 5.97 Å². The second-order valence-corrected chi connectivity index (χ2v) is 5.19. The Morgan fingerprint density at radius 2 is 2.00 bits per heavy atom. The summed E-state index contributed by atoms with van der Waals surface area (Å²) in [6.07, 6.45) is 1.38. The molecule has 1 heterocycles. The highest BCUT2D eigenvalue weighted by atomic mass is 16.5. The van der Waals surface area contributed by atoms with Gasteiger partial charge in [-0.15, -0.1) is 0 Å². The third kappa shape index (κ3) is 3.88. The fraction of sp³-hybridized carbons (Fsp3) is 0.692. The molecule has 1 aromatic heterocycles. The summed E-state index contributed by atoms with van der Waals surface area (Å²) in [6.45, 7) is 10.4. The molecule has 0 aliphatic rings. The van der Waals surface area contributed by atoms with Gasteiger partial charge in [0.05, 0.1) is 12.3 Å². The fourth-order valence-electron chi connectivity index (χ4n) is 1.53. The minimum Gasteiger partial charge on any atom is -0.460 e. The Labute approximate surface area is 102 Å². The SMILES string of the molecule is CCOC(=O)c1oc(CC(C)(C)C)nc1CC. The molecule has 0 saturated heterocycles. The van der Waals surface area contributed by atoms with Crippen LogP contribution in [-0.2, 0) is 17.6 Å². The highest BCUT2D eigenvalue weighted by Gasteiger charge is 2.22. The first-order chi connectivity index (χ1) is 7.87. The number of esters is 1. The quantitative estimate of drug-likeness (QED) is 0.758. The minimum absolute atomic E-state index is 0.0851. The molecule has 4 nitrogen and oxygen atoms in total. The lowest BCUT2D eigenvalue weighted by Gasteiger charge is -2.14. The Morgan fingerprint density at radius 3 is 2.47 bits per heavy atom. The number of carbonyl (C=O) groups is 1. The molecule has 0 radical (unpaired) electrons. The molecule has 1 aromatic rings. The van der Waals surface area contributed by atoms with E-state index in [4.69, 9.17) is 9.15 Å². The van der Waals surface area contributed by atoms with Gasteiger partial charge in [0.2, 0.25) is 5.76 Å². The van der Waals surface area contributed by atoms with Crippen molar-refractivity contribution < 1.29 is 13.9 Å². The van der Waals surface area contributed by atoms with Crippen molar-refractivity contribution in [1.29, 1.82) is 0 Å². The Balaban J connectivity index is 2.94. The maximum atomic E-state index is 11.6. The van der Waals surface area contributed by atoms with Crippen LogP contribution in [0.3, 0.4) is 0 Å². The van der Waals surface area contributed by atoms with Crippen LogP contribution in [0.25, 0.3) is 0 Å². The van der Waals surface area contributed by atoms with E-state index in [0.29, 0.717) is 31.0 Å². The fourth-order valence-corrected chi connectivity index (χ4v) is 1.53. The van der Waals surface area contributed by atoms with Crippen LogP contribution < -0.4 is 0 Å². The second kappa shape index (κ2) is 5.34. The third-order valence-electron chi connectivity index (χ3n) is 2.22. The first kappa shape index (κ1) is 13.7. The first-order valence-corrected chi connectivity index (χ1v) is 6.03. The molecule has 1 rings (SSSR count). The number of hydrogen-bond donors (Lipinski definition) is 0. The van der Waals surface area contributed by atoms with Gasteiger partial charge in [-0.1, -0.05) is 27.7 Å². The van der Waals surface area contributed by atoms with Gasteiger partial charge in [-0.2, -0.15) is 0 Å². The topological polar surface area (TPSA) is 52.3 Å². The van der Waals surface area contributed by atoms with Gasteiger partial charge in [-0.25, -0.2) is 9.78 Å². The van der Waals surface area contributed by atoms with Crippen LogP contribution in [0.2, 0.25) is 0 Å². The summed E-state index contributed by atoms with van der Waals surface area (Å²) in [6, 6.07) is 0. The molecular weight excluding hydrogens is 218 g/mol. The van der Waals surface area contributed by atoms with Gasteiger partial charge < -0.3 is 9.15 Å². The molecule has 17 heavy (non-hydrogen) atoms. The van der Waals surface area contributed by atoms with Crippen LogP contribution in [-0.4, -0.2) is 17.6 Å². The van der Waals surface area contributed by atoms with E-state index in [0.717, 1.165) is 0 Å². The zero-order valence-corrected chi connectivity index (χ0v) is 11.3. The first-order valence-electron chi connectivity index (χ1n) is 6.03. The number of rotatable bonds is 4. The van der Waals surface area contributed by atoms with Crippen molar-refractivity contribution in [2.45, 2.75) is 47.5 Å². The maximum Gasteiger partial charge on any atom is 0.376 e. The predicted octanol–water partition coefficient (Wildman–Crippen LogP) is 3.00. The molecule has 96 valence electrons. The Bertz CT molecular complexity index is 388. The van der Waals surface area contributed by atoms with Gasteiger partial charge in [0.1, 0.15) is 0 Å². The van der Waals surface area contributed by atoms with Gasteiger partial charge in [-0.3, -0.25) is 0 Å². The lowest BCUT2D eigenvalue weighted by molar-refractivity contribution is 0.0485. The second-order valence-electron chi connectivity index (χ2n) is 5.19. The van der Waals surface area contributed by atoms with E-state index in [2.05, 4.69) is 25.8 Å². The zero-order valence-electron chi connectivity index (χ0n) is 11.3. The Kier molecular flexibility index (Phi) is 4.32. The van der Waals surface area contributed by atoms with Gasteiger partial charge in [-0.05, 0) is 18.8 Å². The number of nitrogens with zero attached hydrogens (tertiary/aromatic N) is 1. The van der Waals surface area contributed by atoms with E-state index in [9.17, 15) is 4.79 Å². The number of ether oxygens (including phenoxy) is 1. The van der Waals surface area contributed by atoms with Crippen molar-refractivity contribution in [2.24, 2.45) is 5.41 Å². The van der Waals surface area contributed by atoms with E-state index in [1.54, 1.807) is 6.92 Å². The van der Waals surface area contributed by atoms with E-state index >= 15 is 0 Å². The molecule has 0 aromatic carbocycles. The molecule has 0 aliphatic heterocycles. The predicted molar refractivity (Wildman–Crippen MR) is 65.0 cm³/mol. The molecule has 0 fully saturated rings. The number of oxazole rings is 1. The number of carbonyl (C=O) groups excluding carboxylic acids is 1. The van der Waals surface area contributed by atoms with Crippen LogP contribution in [0.15, 0.2) is 4.42 Å². The van der Waals surface area contributed by atoms with Crippen LogP contribution >= 0.6 is 0 Å². The number of aromatic nitrogens is 1. The zero-order chi connectivity index (χ0) is 13.1. The lowest BCUT2D eigenvalue weighted by Crippen LogP contribution is -2.09. The van der Waals surface area contributed by atoms with E-state index in [1.807, 2.05) is 6.92 Å². The third-order valence-corrected chi connectivity index (χ3v) is 2.22. The summed E-state index contributed by atoms with van der Waals surface area (Å²) in [4.78, 5) is 16.0. The van der Waals surface area contributed by atoms with Gasteiger partial charge in [0, 0.05) is 6.42 Å². The lowest BCUT2D eigenvalue weighted by atomic mass is 9.92. The molecule has 0 unspecified atom stereocenters. The van der Waals surface area contributed by atoms with Crippen molar-refractivity contribution in [3.05, 3.63) is 17.3 Å². The molecule has 0 saturated carbocycles. The smallest absolute Gasteiger partial charge is 0.376 e. The van der Waals surface area contributed by atoms with Crippen LogP contribution in [0.1, 0.15) is 56.8 Å². The molecular formula is C13H21NO3. The molecule has 0 aliphatic carbocycles. The molecule has 0 atom stereocenters. The van der Waals surface area contributed by atoms with Crippen LogP contribution in [0.4, 0.5) is 0 Å². The van der Waals surface area contributed by atoms with E-state index in [1.165, 1.54) is 0 Å². The van der Waals surface area contributed by atoms with Gasteiger partial charge >= 0.3 is 5.97 Å². The van der Waals surface area contributed by atoms with Crippen LogP contribution in [0.5, 0.6) is 0 Å². The monoisotopic (exact) mass is 239 g/mol. The molecule has 0 spiro atoms. The number of hydrogen-bond acceptors (Lipinski definition) is 4. The highest BCUT2D eigenvalue weighted by molar-refractivity contribution is 5.87. The van der Waals surface area contributed by atoms with Crippen molar-refractivity contribution in [3.8, 4) is 0 Å². The summed E-state index contributed by atoms with van der Waals surface area (Å²) in [5.74, 6) is 0.447. The Morgan fingerprint density at radius 1 is 1.35 bits per heavy atom. The summed E-state index contributed by atoms with van der Waals surface area (Å²) < 4.78 is 10.5. The minimum atomic E-state index is -0.419. The van der Waals surface area contributed by atoms with Gasteiger partial charge in [0.25, 0.3) is 0 Å². The average Bonchev–Trinajstić information content (AvgIpc) is 2.58. The summed E-state index contributed by atoms with van der Waals surface area (Å²) in [7, 11) is 0.